The molecule has 2 aromatic heterocycles. The van der Waals surface area contributed by atoms with Crippen LogP contribution in [0.5, 0.6) is 0 Å². The molecule has 0 spiro atoms. The predicted octanol–water partition coefficient (Wildman–Crippen LogP) is 2.94. The van der Waals surface area contributed by atoms with Crippen LogP contribution in [0.3, 0.4) is 0 Å². The SMILES string of the molecule is CC(C)c1ccc(-n2ccn3c(C(F)F)nnc3c2=O)cc1. The molecule has 0 amide bonds. The first-order chi connectivity index (χ1) is 10.5. The van der Waals surface area contributed by atoms with Crippen molar-refractivity contribution in [3.63, 3.8) is 0 Å². The zero-order chi connectivity index (χ0) is 15.9. The molecular weight excluding hydrogens is 290 g/mol. The van der Waals surface area contributed by atoms with Gasteiger partial charge in [0.05, 0.1) is 0 Å². The summed E-state index contributed by atoms with van der Waals surface area (Å²) in [5.74, 6) is -0.146. The van der Waals surface area contributed by atoms with Crippen molar-refractivity contribution in [2.45, 2.75) is 26.2 Å². The van der Waals surface area contributed by atoms with Gasteiger partial charge in [-0.15, -0.1) is 10.2 Å². The first-order valence-corrected chi connectivity index (χ1v) is 6.84. The third kappa shape index (κ3) is 2.28. The van der Waals surface area contributed by atoms with E-state index in [0.29, 0.717) is 11.6 Å². The first-order valence-electron chi connectivity index (χ1n) is 6.84. The van der Waals surface area contributed by atoms with Gasteiger partial charge in [-0.1, -0.05) is 26.0 Å². The fraction of sp³-hybridized carbons (Fsp3) is 0.267. The minimum atomic E-state index is -2.78. The summed E-state index contributed by atoms with van der Waals surface area (Å²) in [4.78, 5) is 12.4. The average molecular weight is 304 g/mol. The minimum absolute atomic E-state index is 0.120. The number of hydrogen-bond donors (Lipinski definition) is 0. The highest BCUT2D eigenvalue weighted by atomic mass is 19.3. The summed E-state index contributed by atoms with van der Waals surface area (Å²) in [7, 11) is 0. The molecule has 0 saturated carbocycles. The van der Waals surface area contributed by atoms with Gasteiger partial charge in [0.1, 0.15) is 0 Å². The number of fused-ring (bicyclic) bond motifs is 1. The number of halogens is 2. The highest BCUT2D eigenvalue weighted by molar-refractivity contribution is 5.42. The zero-order valence-electron chi connectivity index (χ0n) is 12.1. The van der Waals surface area contributed by atoms with E-state index in [1.165, 1.54) is 17.0 Å². The lowest BCUT2D eigenvalue weighted by molar-refractivity contribution is 0.139. The van der Waals surface area contributed by atoms with Gasteiger partial charge in [-0.2, -0.15) is 0 Å². The van der Waals surface area contributed by atoms with Crippen LogP contribution < -0.4 is 5.56 Å². The van der Waals surface area contributed by atoms with Crippen molar-refractivity contribution in [3.8, 4) is 5.69 Å². The lowest BCUT2D eigenvalue weighted by Gasteiger charge is -2.09. The lowest BCUT2D eigenvalue weighted by Crippen LogP contribution is -2.20. The number of alkyl halides is 2. The van der Waals surface area contributed by atoms with Crippen LogP contribution in [0.1, 0.15) is 37.6 Å². The molecule has 7 heteroatoms. The largest absolute Gasteiger partial charge is 0.300 e. The van der Waals surface area contributed by atoms with Gasteiger partial charge in [0.2, 0.25) is 11.5 Å². The maximum atomic E-state index is 12.8. The summed E-state index contributed by atoms with van der Waals surface area (Å²) < 4.78 is 27.9. The van der Waals surface area contributed by atoms with E-state index in [-0.39, 0.29) is 5.65 Å². The molecule has 0 bridgehead atoms. The molecule has 0 radical (unpaired) electrons. The standard InChI is InChI=1S/C15H14F2N4O/c1-9(2)10-3-5-11(6-4-10)20-7-8-21-13(12(16)17)18-19-14(21)15(20)22/h3-9,12H,1-2H3. The molecule has 114 valence electrons. The van der Waals surface area contributed by atoms with Crippen LogP contribution in [-0.4, -0.2) is 19.2 Å². The second-order valence-electron chi connectivity index (χ2n) is 5.27. The molecule has 3 rings (SSSR count). The number of hydrogen-bond acceptors (Lipinski definition) is 3. The molecule has 3 aromatic rings. The van der Waals surface area contributed by atoms with Crippen LogP contribution >= 0.6 is 0 Å². The van der Waals surface area contributed by atoms with E-state index in [0.717, 1.165) is 9.96 Å². The second kappa shape index (κ2) is 5.32. The number of rotatable bonds is 3. The topological polar surface area (TPSA) is 52.2 Å². The summed E-state index contributed by atoms with van der Waals surface area (Å²) >= 11 is 0. The van der Waals surface area contributed by atoms with E-state index >= 15 is 0 Å². The highest BCUT2D eigenvalue weighted by Crippen LogP contribution is 2.18. The van der Waals surface area contributed by atoms with Gasteiger partial charge in [0, 0.05) is 18.1 Å². The zero-order valence-corrected chi connectivity index (χ0v) is 12.1. The van der Waals surface area contributed by atoms with Gasteiger partial charge in [-0.3, -0.25) is 13.8 Å². The summed E-state index contributed by atoms with van der Waals surface area (Å²) in [5, 5.41) is 6.95. The molecule has 5 nitrogen and oxygen atoms in total. The van der Waals surface area contributed by atoms with Crippen molar-refractivity contribution in [3.05, 3.63) is 58.4 Å². The van der Waals surface area contributed by atoms with E-state index in [9.17, 15) is 13.6 Å². The molecule has 0 aliphatic rings. The molecule has 1 aromatic carbocycles. The molecule has 0 aliphatic carbocycles. The molecule has 0 atom stereocenters. The molecule has 0 N–H and O–H groups in total. The van der Waals surface area contributed by atoms with Gasteiger partial charge in [0.25, 0.3) is 6.43 Å². The van der Waals surface area contributed by atoms with Crippen molar-refractivity contribution in [2.24, 2.45) is 0 Å². The molecule has 0 unspecified atom stereocenters. The summed E-state index contributed by atoms with van der Waals surface area (Å²) in [6, 6.07) is 7.51. The average Bonchev–Trinajstić information content (AvgIpc) is 2.93. The van der Waals surface area contributed by atoms with Crippen LogP contribution in [0, 0.1) is 0 Å². The normalized spacial score (nSPS) is 11.7. The summed E-state index contributed by atoms with van der Waals surface area (Å²) in [5.41, 5.74) is 1.20. The van der Waals surface area contributed by atoms with Gasteiger partial charge in [0.15, 0.2) is 0 Å². The van der Waals surface area contributed by atoms with Crippen molar-refractivity contribution in [2.75, 3.05) is 0 Å². The van der Waals surface area contributed by atoms with Crippen molar-refractivity contribution >= 4 is 5.65 Å². The molecule has 0 aliphatic heterocycles. The Labute approximate surface area is 124 Å². The Hall–Kier alpha value is -2.57. The van der Waals surface area contributed by atoms with Crippen molar-refractivity contribution < 1.29 is 8.78 Å². The quantitative estimate of drug-likeness (QED) is 0.747. The Kier molecular flexibility index (Phi) is 3.48. The third-order valence-corrected chi connectivity index (χ3v) is 3.53. The Morgan fingerprint density at radius 2 is 1.73 bits per heavy atom. The fourth-order valence-corrected chi connectivity index (χ4v) is 2.28. The number of nitrogens with zero attached hydrogens (tertiary/aromatic N) is 4. The van der Waals surface area contributed by atoms with E-state index in [4.69, 9.17) is 0 Å². The summed E-state index contributed by atoms with van der Waals surface area (Å²) in [6.45, 7) is 4.16. The molecule has 2 heterocycles. The van der Waals surface area contributed by atoms with Gasteiger partial charge >= 0.3 is 5.56 Å². The maximum absolute atomic E-state index is 12.8. The smallest absolute Gasteiger partial charge is 0.280 e. The van der Waals surface area contributed by atoms with Gasteiger partial charge in [-0.25, -0.2) is 8.78 Å². The fourth-order valence-electron chi connectivity index (χ4n) is 2.28. The van der Waals surface area contributed by atoms with Crippen LogP contribution in [0.4, 0.5) is 8.78 Å². The Morgan fingerprint density at radius 1 is 1.05 bits per heavy atom. The number of aromatic nitrogens is 4. The van der Waals surface area contributed by atoms with Crippen molar-refractivity contribution in [1.29, 1.82) is 0 Å². The van der Waals surface area contributed by atoms with E-state index in [1.54, 1.807) is 0 Å². The third-order valence-electron chi connectivity index (χ3n) is 3.53. The van der Waals surface area contributed by atoms with Crippen LogP contribution in [-0.2, 0) is 0 Å². The summed E-state index contributed by atoms with van der Waals surface area (Å²) in [6.07, 6.45) is 0.0272. The van der Waals surface area contributed by atoms with E-state index < -0.39 is 17.8 Å². The molecule has 22 heavy (non-hydrogen) atoms. The van der Waals surface area contributed by atoms with Crippen LogP contribution in [0.25, 0.3) is 11.3 Å². The Bertz CT molecular complexity index is 865. The second-order valence-corrected chi connectivity index (χ2v) is 5.27. The monoisotopic (exact) mass is 304 g/mol. The molecule has 0 saturated heterocycles. The van der Waals surface area contributed by atoms with Crippen LogP contribution in [0.15, 0.2) is 41.5 Å². The Morgan fingerprint density at radius 3 is 2.32 bits per heavy atom. The van der Waals surface area contributed by atoms with Gasteiger partial charge in [-0.05, 0) is 23.6 Å². The van der Waals surface area contributed by atoms with Crippen LogP contribution in [0.2, 0.25) is 0 Å². The molecule has 0 fully saturated rings. The van der Waals surface area contributed by atoms with E-state index in [2.05, 4.69) is 24.0 Å². The van der Waals surface area contributed by atoms with E-state index in [1.807, 2.05) is 24.3 Å². The lowest BCUT2D eigenvalue weighted by atomic mass is 10.0. The highest BCUT2D eigenvalue weighted by Gasteiger charge is 2.18. The Balaban J connectivity index is 2.12. The number of benzene rings is 1. The first kappa shape index (κ1) is 14.4. The van der Waals surface area contributed by atoms with Gasteiger partial charge < -0.3 is 0 Å². The predicted molar refractivity (Wildman–Crippen MR) is 77.6 cm³/mol. The van der Waals surface area contributed by atoms with Crippen molar-refractivity contribution in [1.82, 2.24) is 19.2 Å². The maximum Gasteiger partial charge on any atom is 0.300 e. The molecular formula is C15H14F2N4O. The minimum Gasteiger partial charge on any atom is -0.280 e.